The van der Waals surface area contributed by atoms with Crippen molar-refractivity contribution in [3.63, 3.8) is 0 Å². The smallest absolute Gasteiger partial charge is 0.303 e. The second kappa shape index (κ2) is 5.83. The fourth-order valence-corrected chi connectivity index (χ4v) is 2.18. The van der Waals surface area contributed by atoms with E-state index in [4.69, 9.17) is 5.11 Å². The number of carboxylic acid groups (broad SMARTS) is 1. The van der Waals surface area contributed by atoms with Crippen LogP contribution >= 0.6 is 0 Å². The van der Waals surface area contributed by atoms with Gasteiger partial charge in [-0.1, -0.05) is 0 Å². The lowest BCUT2D eigenvalue weighted by molar-refractivity contribution is -0.137. The monoisotopic (exact) mass is 242 g/mol. The van der Waals surface area contributed by atoms with Crippen molar-refractivity contribution in [3.8, 4) is 0 Å². The van der Waals surface area contributed by atoms with E-state index in [1.54, 1.807) is 0 Å². The van der Waals surface area contributed by atoms with Gasteiger partial charge in [-0.2, -0.15) is 0 Å². The zero-order valence-corrected chi connectivity index (χ0v) is 11.5. The molecule has 1 rings (SSSR count). The van der Waals surface area contributed by atoms with Crippen LogP contribution < -0.4 is 5.32 Å². The van der Waals surface area contributed by atoms with Gasteiger partial charge in [-0.15, -0.1) is 0 Å². The predicted octanol–water partition coefficient (Wildman–Crippen LogP) is 1.70. The van der Waals surface area contributed by atoms with Gasteiger partial charge in [0.1, 0.15) is 0 Å². The number of carbonyl (C=O) groups is 1. The minimum absolute atomic E-state index is 0.195. The first kappa shape index (κ1) is 14.5. The summed E-state index contributed by atoms with van der Waals surface area (Å²) in [6.07, 6.45) is 3.30. The maximum absolute atomic E-state index is 10.5. The molecule has 0 radical (unpaired) electrons. The molecule has 1 unspecified atom stereocenters. The van der Waals surface area contributed by atoms with Crippen LogP contribution in [0.5, 0.6) is 0 Å². The molecule has 2 N–H and O–H groups in total. The average Bonchev–Trinajstić information content (AvgIpc) is 2.61. The molecule has 17 heavy (non-hydrogen) atoms. The Bertz CT molecular complexity index is 261. The molecule has 1 heterocycles. The van der Waals surface area contributed by atoms with Crippen molar-refractivity contribution in [2.45, 2.75) is 64.1 Å². The lowest BCUT2D eigenvalue weighted by Crippen LogP contribution is -2.46. The summed E-state index contributed by atoms with van der Waals surface area (Å²) in [6.45, 7) is 7.67. The normalized spacial score (nSPS) is 25.5. The highest BCUT2D eigenvalue weighted by atomic mass is 16.4. The lowest BCUT2D eigenvalue weighted by Gasteiger charge is -2.34. The fourth-order valence-electron chi connectivity index (χ4n) is 2.18. The van der Waals surface area contributed by atoms with E-state index in [1.807, 2.05) is 0 Å². The second-order valence-electron chi connectivity index (χ2n) is 6.12. The number of likely N-dealkylation sites (N-methyl/N-ethyl adjacent to an activating group) is 1. The van der Waals surface area contributed by atoms with Gasteiger partial charge in [-0.05, 0) is 47.1 Å². The molecule has 0 aromatic heterocycles. The van der Waals surface area contributed by atoms with E-state index in [-0.39, 0.29) is 12.0 Å². The highest BCUT2D eigenvalue weighted by molar-refractivity contribution is 5.66. The van der Waals surface area contributed by atoms with Gasteiger partial charge in [-0.25, -0.2) is 0 Å². The highest BCUT2D eigenvalue weighted by Gasteiger charge is 2.27. The maximum atomic E-state index is 10.5. The summed E-state index contributed by atoms with van der Waals surface area (Å²) in [4.78, 5) is 12.9. The predicted molar refractivity (Wildman–Crippen MR) is 69.2 cm³/mol. The van der Waals surface area contributed by atoms with E-state index < -0.39 is 5.97 Å². The van der Waals surface area contributed by atoms with E-state index in [9.17, 15) is 4.79 Å². The van der Waals surface area contributed by atoms with Crippen LogP contribution in [0.3, 0.4) is 0 Å². The Labute approximate surface area is 104 Å². The number of nitrogens with one attached hydrogen (secondary N) is 1. The van der Waals surface area contributed by atoms with Crippen LogP contribution in [0.15, 0.2) is 0 Å². The fraction of sp³-hybridized carbons (Fsp3) is 0.923. The van der Waals surface area contributed by atoms with Gasteiger partial charge >= 0.3 is 5.97 Å². The van der Waals surface area contributed by atoms with Crippen LogP contribution in [0.2, 0.25) is 0 Å². The molecule has 4 nitrogen and oxygen atoms in total. The van der Waals surface area contributed by atoms with Crippen LogP contribution in [0.4, 0.5) is 0 Å². The molecule has 0 spiro atoms. The summed E-state index contributed by atoms with van der Waals surface area (Å²) in [6, 6.07) is 0.905. The SMILES string of the molecule is CN(C[C@@H]1CCC(CCC(=O)O)N1)C(C)(C)C. The number of aliphatic carboxylic acids is 1. The first-order valence-corrected chi connectivity index (χ1v) is 6.48. The van der Waals surface area contributed by atoms with Crippen LogP contribution in [0.1, 0.15) is 46.5 Å². The van der Waals surface area contributed by atoms with E-state index in [2.05, 4.69) is 38.0 Å². The number of rotatable bonds is 5. The molecule has 0 aromatic rings. The number of carboxylic acids is 1. The quantitative estimate of drug-likeness (QED) is 0.770. The lowest BCUT2D eigenvalue weighted by atomic mass is 10.1. The van der Waals surface area contributed by atoms with E-state index in [0.29, 0.717) is 12.1 Å². The van der Waals surface area contributed by atoms with Crippen LogP contribution in [0, 0.1) is 0 Å². The number of hydrogen-bond donors (Lipinski definition) is 2. The molecule has 4 heteroatoms. The molecule has 1 saturated heterocycles. The molecule has 1 aliphatic rings. The zero-order chi connectivity index (χ0) is 13.1. The third-order valence-corrected chi connectivity index (χ3v) is 3.68. The molecule has 0 bridgehead atoms. The minimum atomic E-state index is -0.693. The third kappa shape index (κ3) is 5.04. The van der Waals surface area contributed by atoms with Crippen LogP contribution in [0.25, 0.3) is 0 Å². The average molecular weight is 242 g/mol. The molecule has 0 aliphatic carbocycles. The molecular weight excluding hydrogens is 216 g/mol. The Hall–Kier alpha value is -0.610. The number of nitrogens with zero attached hydrogens (tertiary/aromatic N) is 1. The van der Waals surface area contributed by atoms with Gasteiger partial charge in [0, 0.05) is 30.6 Å². The van der Waals surface area contributed by atoms with Crippen molar-refractivity contribution in [1.82, 2.24) is 10.2 Å². The van der Waals surface area contributed by atoms with Crippen molar-refractivity contribution < 1.29 is 9.90 Å². The van der Waals surface area contributed by atoms with E-state index in [0.717, 1.165) is 25.8 Å². The Kier molecular flexibility index (Phi) is 4.95. The largest absolute Gasteiger partial charge is 0.481 e. The highest BCUT2D eigenvalue weighted by Crippen LogP contribution is 2.19. The standard InChI is InChI=1S/C13H26N2O2/c1-13(2,3)15(4)9-11-6-5-10(14-11)7-8-12(16)17/h10-11,14H,5-9H2,1-4H3,(H,16,17)/t10?,11-/m0/s1. The van der Waals surface area contributed by atoms with Crippen molar-refractivity contribution >= 4 is 5.97 Å². The molecule has 0 saturated carbocycles. The summed E-state index contributed by atoms with van der Waals surface area (Å²) in [5, 5.41) is 12.2. The van der Waals surface area contributed by atoms with Crippen LogP contribution in [-0.4, -0.2) is 47.2 Å². The molecule has 100 valence electrons. The Morgan fingerprint density at radius 1 is 1.35 bits per heavy atom. The first-order chi connectivity index (χ1) is 7.79. The van der Waals surface area contributed by atoms with E-state index >= 15 is 0 Å². The summed E-state index contributed by atoms with van der Waals surface area (Å²) < 4.78 is 0. The molecular formula is C13H26N2O2. The molecule has 0 amide bonds. The van der Waals surface area contributed by atoms with Gasteiger partial charge in [0.05, 0.1) is 0 Å². The topological polar surface area (TPSA) is 52.6 Å². The summed E-state index contributed by atoms with van der Waals surface area (Å²) >= 11 is 0. The van der Waals surface area contributed by atoms with Crippen molar-refractivity contribution in [2.24, 2.45) is 0 Å². The molecule has 2 atom stereocenters. The molecule has 0 aromatic carbocycles. The summed E-state index contributed by atoms with van der Waals surface area (Å²) in [7, 11) is 2.15. The van der Waals surface area contributed by atoms with Crippen molar-refractivity contribution in [1.29, 1.82) is 0 Å². The van der Waals surface area contributed by atoms with Gasteiger partial charge in [0.2, 0.25) is 0 Å². The first-order valence-electron chi connectivity index (χ1n) is 6.48. The third-order valence-electron chi connectivity index (χ3n) is 3.68. The Balaban J connectivity index is 2.28. The van der Waals surface area contributed by atoms with Crippen LogP contribution in [-0.2, 0) is 4.79 Å². The Morgan fingerprint density at radius 3 is 2.47 bits per heavy atom. The van der Waals surface area contributed by atoms with Gasteiger partial charge < -0.3 is 10.4 Å². The molecule has 1 fully saturated rings. The maximum Gasteiger partial charge on any atom is 0.303 e. The van der Waals surface area contributed by atoms with E-state index in [1.165, 1.54) is 0 Å². The van der Waals surface area contributed by atoms with Gasteiger partial charge in [-0.3, -0.25) is 9.69 Å². The van der Waals surface area contributed by atoms with Gasteiger partial charge in [0.25, 0.3) is 0 Å². The Morgan fingerprint density at radius 2 is 1.94 bits per heavy atom. The number of hydrogen-bond acceptors (Lipinski definition) is 3. The van der Waals surface area contributed by atoms with Gasteiger partial charge in [0.15, 0.2) is 0 Å². The van der Waals surface area contributed by atoms with Crippen molar-refractivity contribution in [3.05, 3.63) is 0 Å². The van der Waals surface area contributed by atoms with Crippen molar-refractivity contribution in [2.75, 3.05) is 13.6 Å². The minimum Gasteiger partial charge on any atom is -0.481 e. The second-order valence-corrected chi connectivity index (χ2v) is 6.12. The zero-order valence-electron chi connectivity index (χ0n) is 11.5. The molecule has 1 aliphatic heterocycles. The summed E-state index contributed by atoms with van der Waals surface area (Å²) in [5.41, 5.74) is 0.195. The summed E-state index contributed by atoms with van der Waals surface area (Å²) in [5.74, 6) is -0.693.